The van der Waals surface area contributed by atoms with Crippen molar-refractivity contribution in [3.8, 4) is 0 Å². The van der Waals surface area contributed by atoms with Gasteiger partial charge in [-0.15, -0.1) is 0 Å². The molecule has 0 atom stereocenters. The maximum atomic E-state index is 14.0. The standard InChI is InChI=1S/C13H16F2N2O4/c1-8(2)16(6-3-7-18)13(19)11-9(14)4-5-10(12(11)15)17(20)21/h4-5,8,18H,3,6-7H2,1-2H3. The molecule has 1 aromatic carbocycles. The van der Waals surface area contributed by atoms with Gasteiger partial charge in [0.1, 0.15) is 11.4 Å². The SMILES string of the molecule is CC(C)N(CCCO)C(=O)c1c(F)ccc([N+](=O)[O-])c1F. The highest BCUT2D eigenvalue weighted by molar-refractivity contribution is 5.95. The van der Waals surface area contributed by atoms with Gasteiger partial charge in [-0.2, -0.15) is 4.39 Å². The third-order valence-electron chi connectivity index (χ3n) is 2.92. The van der Waals surface area contributed by atoms with Gasteiger partial charge in [-0.1, -0.05) is 0 Å². The quantitative estimate of drug-likeness (QED) is 0.644. The Morgan fingerprint density at radius 3 is 2.52 bits per heavy atom. The van der Waals surface area contributed by atoms with Crippen LogP contribution in [-0.2, 0) is 0 Å². The van der Waals surface area contributed by atoms with E-state index in [0.717, 1.165) is 4.90 Å². The van der Waals surface area contributed by atoms with E-state index < -0.39 is 33.7 Å². The van der Waals surface area contributed by atoms with Crippen LogP contribution in [0.3, 0.4) is 0 Å². The fourth-order valence-electron chi connectivity index (χ4n) is 1.86. The van der Waals surface area contributed by atoms with E-state index in [0.29, 0.717) is 12.1 Å². The van der Waals surface area contributed by atoms with Crippen LogP contribution in [0.4, 0.5) is 14.5 Å². The smallest absolute Gasteiger partial charge is 0.305 e. The largest absolute Gasteiger partial charge is 0.396 e. The molecule has 1 rings (SSSR count). The van der Waals surface area contributed by atoms with Crippen LogP contribution >= 0.6 is 0 Å². The molecule has 0 spiro atoms. The lowest BCUT2D eigenvalue weighted by atomic mass is 10.1. The number of carbonyl (C=O) groups excluding carboxylic acids is 1. The molecule has 0 unspecified atom stereocenters. The number of carbonyl (C=O) groups is 1. The Bertz CT molecular complexity index is 549. The van der Waals surface area contributed by atoms with E-state index in [1.54, 1.807) is 13.8 Å². The molecule has 0 aliphatic heterocycles. The Labute approximate surface area is 120 Å². The monoisotopic (exact) mass is 302 g/mol. The first kappa shape index (κ1) is 17.0. The van der Waals surface area contributed by atoms with Crippen molar-refractivity contribution < 1.29 is 23.6 Å². The van der Waals surface area contributed by atoms with Gasteiger partial charge in [0.15, 0.2) is 0 Å². The average Bonchev–Trinajstić information content (AvgIpc) is 2.38. The molecule has 1 aromatic rings. The van der Waals surface area contributed by atoms with Gasteiger partial charge < -0.3 is 10.0 Å². The molecule has 0 heterocycles. The van der Waals surface area contributed by atoms with E-state index in [-0.39, 0.29) is 25.6 Å². The van der Waals surface area contributed by atoms with E-state index in [1.807, 2.05) is 0 Å². The zero-order valence-corrected chi connectivity index (χ0v) is 11.7. The Balaban J connectivity index is 3.27. The predicted molar refractivity (Wildman–Crippen MR) is 70.9 cm³/mol. The van der Waals surface area contributed by atoms with E-state index in [2.05, 4.69) is 0 Å². The summed E-state index contributed by atoms with van der Waals surface area (Å²) in [6.45, 7) is 3.19. The van der Waals surface area contributed by atoms with Crippen LogP contribution in [0.5, 0.6) is 0 Å². The van der Waals surface area contributed by atoms with Gasteiger partial charge in [0.2, 0.25) is 5.82 Å². The van der Waals surface area contributed by atoms with Crippen molar-refractivity contribution in [2.45, 2.75) is 26.3 Å². The van der Waals surface area contributed by atoms with Gasteiger partial charge in [0.25, 0.3) is 5.91 Å². The minimum absolute atomic E-state index is 0.0918. The zero-order chi connectivity index (χ0) is 16.2. The number of aliphatic hydroxyl groups is 1. The number of rotatable bonds is 6. The Kier molecular flexibility index (Phi) is 5.71. The summed E-state index contributed by atoms with van der Waals surface area (Å²) in [7, 11) is 0. The van der Waals surface area contributed by atoms with Crippen molar-refractivity contribution in [1.29, 1.82) is 0 Å². The number of nitrogens with zero attached hydrogens (tertiary/aromatic N) is 2. The van der Waals surface area contributed by atoms with Crippen molar-refractivity contribution in [1.82, 2.24) is 4.90 Å². The number of halogens is 2. The van der Waals surface area contributed by atoms with Crippen LogP contribution in [0.2, 0.25) is 0 Å². The van der Waals surface area contributed by atoms with E-state index >= 15 is 0 Å². The second-order valence-electron chi connectivity index (χ2n) is 4.68. The highest BCUT2D eigenvalue weighted by Crippen LogP contribution is 2.25. The zero-order valence-electron chi connectivity index (χ0n) is 11.7. The fraction of sp³-hybridized carbons (Fsp3) is 0.462. The van der Waals surface area contributed by atoms with Gasteiger partial charge in [-0.3, -0.25) is 14.9 Å². The van der Waals surface area contributed by atoms with Crippen molar-refractivity contribution >= 4 is 11.6 Å². The second kappa shape index (κ2) is 7.07. The topological polar surface area (TPSA) is 83.7 Å². The highest BCUT2D eigenvalue weighted by Gasteiger charge is 2.30. The van der Waals surface area contributed by atoms with Crippen LogP contribution in [0.15, 0.2) is 12.1 Å². The van der Waals surface area contributed by atoms with Crippen LogP contribution < -0.4 is 0 Å². The molecular weight excluding hydrogens is 286 g/mol. The van der Waals surface area contributed by atoms with Gasteiger partial charge in [-0.25, -0.2) is 4.39 Å². The van der Waals surface area contributed by atoms with Gasteiger partial charge >= 0.3 is 5.69 Å². The molecule has 0 aliphatic rings. The molecule has 0 fully saturated rings. The summed E-state index contributed by atoms with van der Waals surface area (Å²) in [5.74, 6) is -3.62. The molecule has 1 amide bonds. The number of aliphatic hydroxyl groups excluding tert-OH is 1. The van der Waals surface area contributed by atoms with E-state index in [1.165, 1.54) is 0 Å². The molecule has 0 radical (unpaired) electrons. The summed E-state index contributed by atoms with van der Waals surface area (Å²) < 4.78 is 27.7. The van der Waals surface area contributed by atoms with Crippen LogP contribution in [-0.4, -0.2) is 40.0 Å². The van der Waals surface area contributed by atoms with Crippen molar-refractivity contribution in [2.75, 3.05) is 13.2 Å². The summed E-state index contributed by atoms with van der Waals surface area (Å²) in [5, 5.41) is 19.5. The Morgan fingerprint density at radius 1 is 1.43 bits per heavy atom. The van der Waals surface area contributed by atoms with E-state index in [9.17, 15) is 23.7 Å². The average molecular weight is 302 g/mol. The van der Waals surface area contributed by atoms with Crippen LogP contribution in [0, 0.1) is 21.7 Å². The number of nitro benzene ring substituents is 1. The van der Waals surface area contributed by atoms with Crippen molar-refractivity contribution in [2.24, 2.45) is 0 Å². The molecule has 0 aliphatic carbocycles. The molecule has 6 nitrogen and oxygen atoms in total. The lowest BCUT2D eigenvalue weighted by molar-refractivity contribution is -0.387. The van der Waals surface area contributed by atoms with Gasteiger partial charge in [0, 0.05) is 25.3 Å². The predicted octanol–water partition coefficient (Wildman–Crippen LogP) is 2.11. The Morgan fingerprint density at radius 2 is 2.05 bits per heavy atom. The summed E-state index contributed by atoms with van der Waals surface area (Å²) in [6.07, 6.45) is 0.238. The van der Waals surface area contributed by atoms with E-state index in [4.69, 9.17) is 5.11 Å². The fourth-order valence-corrected chi connectivity index (χ4v) is 1.86. The lowest BCUT2D eigenvalue weighted by Gasteiger charge is -2.26. The maximum absolute atomic E-state index is 14.0. The Hall–Kier alpha value is -2.09. The summed E-state index contributed by atoms with van der Waals surface area (Å²) >= 11 is 0. The molecule has 0 saturated heterocycles. The molecular formula is C13H16F2N2O4. The van der Waals surface area contributed by atoms with Crippen molar-refractivity contribution in [3.63, 3.8) is 0 Å². The van der Waals surface area contributed by atoms with Crippen LogP contribution in [0.1, 0.15) is 30.6 Å². The minimum Gasteiger partial charge on any atom is -0.396 e. The normalized spacial score (nSPS) is 10.8. The number of hydrogen-bond acceptors (Lipinski definition) is 4. The maximum Gasteiger partial charge on any atom is 0.305 e. The van der Waals surface area contributed by atoms with Crippen molar-refractivity contribution in [3.05, 3.63) is 39.4 Å². The number of hydrogen-bond donors (Lipinski definition) is 1. The summed E-state index contributed by atoms with van der Waals surface area (Å²) in [5.41, 5.74) is -1.90. The third kappa shape index (κ3) is 3.72. The lowest BCUT2D eigenvalue weighted by Crippen LogP contribution is -2.39. The molecule has 0 bridgehead atoms. The van der Waals surface area contributed by atoms with Gasteiger partial charge in [0.05, 0.1) is 4.92 Å². The summed E-state index contributed by atoms with van der Waals surface area (Å²) in [4.78, 5) is 23.1. The number of benzene rings is 1. The minimum atomic E-state index is -1.49. The first-order valence-corrected chi connectivity index (χ1v) is 6.35. The molecule has 21 heavy (non-hydrogen) atoms. The van der Waals surface area contributed by atoms with Crippen LogP contribution in [0.25, 0.3) is 0 Å². The molecule has 116 valence electrons. The van der Waals surface area contributed by atoms with Gasteiger partial charge in [-0.05, 0) is 26.3 Å². The third-order valence-corrected chi connectivity index (χ3v) is 2.92. The number of nitro groups is 1. The first-order chi connectivity index (χ1) is 9.81. The number of amides is 1. The molecule has 0 saturated carbocycles. The molecule has 8 heteroatoms. The highest BCUT2D eigenvalue weighted by atomic mass is 19.1. The molecule has 0 aromatic heterocycles. The first-order valence-electron chi connectivity index (χ1n) is 6.35. The summed E-state index contributed by atoms with van der Waals surface area (Å²) in [6, 6.07) is 0.996. The second-order valence-corrected chi connectivity index (χ2v) is 4.68. The molecule has 1 N–H and O–H groups in total.